The molecule has 0 aliphatic carbocycles. The van der Waals surface area contributed by atoms with Gasteiger partial charge in [-0.15, -0.1) is 0 Å². The number of benzene rings is 2. The van der Waals surface area contributed by atoms with E-state index in [4.69, 9.17) is 4.74 Å². The molecular formula is C28H26FN7O2. The summed E-state index contributed by atoms with van der Waals surface area (Å²) in [7, 11) is 3.54. The molecule has 192 valence electrons. The number of amides is 1. The highest BCUT2D eigenvalue weighted by atomic mass is 19.1. The topological polar surface area (TPSA) is 87.5 Å². The van der Waals surface area contributed by atoms with Crippen LogP contribution in [0.4, 0.5) is 27.4 Å². The maximum Gasteiger partial charge on any atom is 0.247 e. The SMILES string of the molecule is C=CC(=O)Nc1cc(Nc2nccc(-n3ccc4cc(F)ccc43)n2)c(OC)cc1N1C=CCN(C)C=C1. The number of aromatic nitrogens is 3. The van der Waals surface area contributed by atoms with E-state index in [9.17, 15) is 9.18 Å². The van der Waals surface area contributed by atoms with Gasteiger partial charge in [-0.1, -0.05) is 6.58 Å². The van der Waals surface area contributed by atoms with Gasteiger partial charge in [-0.2, -0.15) is 4.98 Å². The summed E-state index contributed by atoms with van der Waals surface area (Å²) in [5.74, 6) is 0.787. The first-order valence-electron chi connectivity index (χ1n) is 11.8. The molecule has 2 aromatic carbocycles. The third kappa shape index (κ3) is 5.05. The highest BCUT2D eigenvalue weighted by Gasteiger charge is 2.17. The summed E-state index contributed by atoms with van der Waals surface area (Å²) in [5, 5.41) is 6.84. The predicted octanol–water partition coefficient (Wildman–Crippen LogP) is 5.17. The van der Waals surface area contributed by atoms with E-state index in [0.717, 1.165) is 17.4 Å². The Hall–Kier alpha value is -5.12. The molecule has 0 saturated carbocycles. The van der Waals surface area contributed by atoms with Gasteiger partial charge in [0.15, 0.2) is 0 Å². The fraction of sp³-hybridized carbons (Fsp3) is 0.107. The first kappa shape index (κ1) is 24.6. The summed E-state index contributed by atoms with van der Waals surface area (Å²) in [4.78, 5) is 25.2. The number of likely N-dealkylation sites (N-methyl/N-ethyl adjacent to an activating group) is 1. The number of hydrogen-bond donors (Lipinski definition) is 2. The van der Waals surface area contributed by atoms with Crippen LogP contribution in [0.2, 0.25) is 0 Å². The Morgan fingerprint density at radius 3 is 2.82 bits per heavy atom. The number of carbonyl (C=O) groups is 1. The number of hydrogen-bond acceptors (Lipinski definition) is 7. The minimum atomic E-state index is -0.351. The summed E-state index contributed by atoms with van der Waals surface area (Å²) >= 11 is 0. The number of nitrogens with one attached hydrogen (secondary N) is 2. The molecule has 1 aliphatic heterocycles. The van der Waals surface area contributed by atoms with E-state index in [1.807, 2.05) is 64.4 Å². The average Bonchev–Trinajstić information content (AvgIpc) is 3.21. The lowest BCUT2D eigenvalue weighted by atomic mass is 10.2. The van der Waals surface area contributed by atoms with Crippen molar-refractivity contribution in [1.82, 2.24) is 19.4 Å². The lowest BCUT2D eigenvalue weighted by molar-refractivity contribution is -0.111. The van der Waals surface area contributed by atoms with Gasteiger partial charge in [0.1, 0.15) is 17.4 Å². The van der Waals surface area contributed by atoms with Crippen molar-refractivity contribution in [3.8, 4) is 11.6 Å². The van der Waals surface area contributed by atoms with E-state index >= 15 is 0 Å². The Labute approximate surface area is 219 Å². The number of halogens is 1. The van der Waals surface area contributed by atoms with Crippen LogP contribution in [0.1, 0.15) is 0 Å². The lowest BCUT2D eigenvalue weighted by Crippen LogP contribution is -2.15. The maximum atomic E-state index is 13.6. The third-order valence-electron chi connectivity index (χ3n) is 5.97. The minimum absolute atomic E-state index is 0.298. The van der Waals surface area contributed by atoms with Crippen LogP contribution in [-0.2, 0) is 4.79 Å². The molecule has 0 radical (unpaired) electrons. The smallest absolute Gasteiger partial charge is 0.247 e. The normalized spacial score (nSPS) is 12.9. The van der Waals surface area contributed by atoms with Gasteiger partial charge in [-0.3, -0.25) is 4.79 Å². The standard InChI is InChI=1S/C28H26FN7O2/c1-4-27(37)31-21-17-22(25(38-3)18-24(21)35-12-5-11-34(2)14-15-35)32-28-30-10-8-26(33-28)36-13-9-19-16-20(29)6-7-23(19)36/h4-10,12-18H,1,11H2,2-3H3,(H,31,37)(H,30,32,33). The number of nitrogens with zero attached hydrogens (tertiary/aromatic N) is 5. The molecule has 1 amide bonds. The molecule has 2 aromatic heterocycles. The zero-order chi connectivity index (χ0) is 26.6. The lowest BCUT2D eigenvalue weighted by Gasteiger charge is -2.22. The average molecular weight is 512 g/mol. The number of rotatable bonds is 7. The molecule has 0 fully saturated rings. The van der Waals surface area contributed by atoms with E-state index in [1.165, 1.54) is 18.2 Å². The molecule has 9 nitrogen and oxygen atoms in total. The van der Waals surface area contributed by atoms with Crippen molar-refractivity contribution in [3.63, 3.8) is 0 Å². The Morgan fingerprint density at radius 1 is 1.13 bits per heavy atom. The Kier molecular flexibility index (Phi) is 6.77. The van der Waals surface area contributed by atoms with Crippen molar-refractivity contribution in [2.75, 3.05) is 36.2 Å². The van der Waals surface area contributed by atoms with E-state index in [1.54, 1.807) is 31.5 Å². The second kappa shape index (κ2) is 10.5. The van der Waals surface area contributed by atoms with E-state index in [-0.39, 0.29) is 11.7 Å². The zero-order valence-electron chi connectivity index (χ0n) is 20.9. The van der Waals surface area contributed by atoms with Crippen molar-refractivity contribution >= 4 is 39.8 Å². The summed E-state index contributed by atoms with van der Waals surface area (Å²) < 4.78 is 21.2. The van der Waals surface area contributed by atoms with Gasteiger partial charge in [-0.25, -0.2) is 9.37 Å². The molecule has 2 N–H and O–H groups in total. The van der Waals surface area contributed by atoms with Crippen LogP contribution < -0.4 is 20.3 Å². The number of anilines is 4. The number of ether oxygens (including phenoxy) is 1. The van der Waals surface area contributed by atoms with Gasteiger partial charge in [0.2, 0.25) is 11.9 Å². The third-order valence-corrected chi connectivity index (χ3v) is 5.97. The maximum absolute atomic E-state index is 13.6. The van der Waals surface area contributed by atoms with Crippen LogP contribution in [0.15, 0.2) is 92.2 Å². The van der Waals surface area contributed by atoms with Crippen molar-refractivity contribution in [3.05, 3.63) is 98.0 Å². The molecule has 5 rings (SSSR count). The van der Waals surface area contributed by atoms with Gasteiger partial charge < -0.3 is 29.7 Å². The van der Waals surface area contributed by atoms with Gasteiger partial charge >= 0.3 is 0 Å². The highest BCUT2D eigenvalue weighted by Crippen LogP contribution is 2.39. The first-order valence-corrected chi connectivity index (χ1v) is 11.8. The van der Waals surface area contributed by atoms with Crippen molar-refractivity contribution in [2.45, 2.75) is 0 Å². The van der Waals surface area contributed by atoms with Gasteiger partial charge in [-0.05, 0) is 48.6 Å². The minimum Gasteiger partial charge on any atom is -0.494 e. The second-order valence-electron chi connectivity index (χ2n) is 8.55. The van der Waals surface area contributed by atoms with Crippen molar-refractivity contribution in [2.24, 2.45) is 0 Å². The fourth-order valence-corrected chi connectivity index (χ4v) is 4.09. The largest absolute Gasteiger partial charge is 0.494 e. The molecule has 1 aliphatic rings. The van der Waals surface area contributed by atoms with Gasteiger partial charge in [0.25, 0.3) is 0 Å². The zero-order valence-corrected chi connectivity index (χ0v) is 20.9. The quantitative estimate of drug-likeness (QED) is 0.331. The van der Waals surface area contributed by atoms with Crippen LogP contribution >= 0.6 is 0 Å². The molecule has 3 heterocycles. The summed E-state index contributed by atoms with van der Waals surface area (Å²) in [6, 6.07) is 11.8. The molecule has 0 saturated heterocycles. The number of methoxy groups -OCH3 is 1. The van der Waals surface area contributed by atoms with Crippen molar-refractivity contribution in [1.29, 1.82) is 0 Å². The number of carbonyl (C=O) groups excluding carboxylic acids is 1. The van der Waals surface area contributed by atoms with Crippen LogP contribution in [0, 0.1) is 5.82 Å². The molecule has 0 bridgehead atoms. The first-order chi connectivity index (χ1) is 18.4. The molecule has 10 heteroatoms. The Morgan fingerprint density at radius 2 is 2.00 bits per heavy atom. The van der Waals surface area contributed by atoms with Crippen LogP contribution in [0.5, 0.6) is 5.75 Å². The Balaban J connectivity index is 1.52. The van der Waals surface area contributed by atoms with Crippen LogP contribution in [-0.4, -0.2) is 46.0 Å². The molecule has 0 unspecified atom stereocenters. The van der Waals surface area contributed by atoms with Crippen LogP contribution in [0.25, 0.3) is 16.7 Å². The molecule has 0 atom stereocenters. The summed E-state index contributed by atoms with van der Waals surface area (Å²) in [6.45, 7) is 4.31. The van der Waals surface area contributed by atoms with E-state index in [2.05, 4.69) is 27.2 Å². The molecule has 0 spiro atoms. The summed E-state index contributed by atoms with van der Waals surface area (Å²) in [6.07, 6.45) is 12.4. The fourth-order valence-electron chi connectivity index (χ4n) is 4.09. The van der Waals surface area contributed by atoms with Gasteiger partial charge in [0, 0.05) is 56.0 Å². The second-order valence-corrected chi connectivity index (χ2v) is 8.55. The van der Waals surface area contributed by atoms with E-state index in [0.29, 0.717) is 34.6 Å². The highest BCUT2D eigenvalue weighted by molar-refractivity contribution is 6.02. The summed E-state index contributed by atoms with van der Waals surface area (Å²) in [5.41, 5.74) is 2.60. The number of fused-ring (bicyclic) bond motifs is 1. The monoisotopic (exact) mass is 511 g/mol. The van der Waals surface area contributed by atoms with Crippen molar-refractivity contribution < 1.29 is 13.9 Å². The predicted molar refractivity (Wildman–Crippen MR) is 147 cm³/mol. The molecule has 4 aromatic rings. The Bertz CT molecular complexity index is 1580. The van der Waals surface area contributed by atoms with E-state index < -0.39 is 0 Å². The molecule has 38 heavy (non-hydrogen) atoms. The van der Waals surface area contributed by atoms with Gasteiger partial charge in [0.05, 0.1) is 29.7 Å². The van der Waals surface area contributed by atoms with Crippen LogP contribution in [0.3, 0.4) is 0 Å². The molecular weight excluding hydrogens is 485 g/mol.